The molecule has 3 aliphatic rings. The molecule has 1 fully saturated rings. The molecule has 1 saturated carbocycles. The Balaban J connectivity index is 0.00000157. The number of hydrogen-bond acceptors (Lipinski definition) is 2. The van der Waals surface area contributed by atoms with Gasteiger partial charge in [-0.1, -0.05) is 42.5 Å². The van der Waals surface area contributed by atoms with Crippen LogP contribution in [0.5, 0.6) is 0 Å². The maximum Gasteiger partial charge on any atom is 0.224 e. The zero-order valence-corrected chi connectivity index (χ0v) is 15.0. The SMILES string of the molecule is Cl.O=C(NCc1ccc2c(c1)CNC2)C1CC12CCc1ccccc12. The second-order valence-corrected chi connectivity index (χ2v) is 7.49. The second-order valence-electron chi connectivity index (χ2n) is 7.49. The molecule has 4 heteroatoms. The fraction of sp³-hybridized carbons (Fsp3) is 0.381. The van der Waals surface area contributed by atoms with Crippen molar-refractivity contribution in [2.75, 3.05) is 0 Å². The van der Waals surface area contributed by atoms with Crippen molar-refractivity contribution in [2.45, 2.75) is 44.3 Å². The molecule has 1 aliphatic heterocycles. The maximum absolute atomic E-state index is 12.7. The summed E-state index contributed by atoms with van der Waals surface area (Å²) in [7, 11) is 0. The van der Waals surface area contributed by atoms with E-state index in [9.17, 15) is 4.79 Å². The van der Waals surface area contributed by atoms with Gasteiger partial charge in [0.25, 0.3) is 0 Å². The Morgan fingerprint density at radius 3 is 2.88 bits per heavy atom. The van der Waals surface area contributed by atoms with Gasteiger partial charge in [-0.05, 0) is 47.1 Å². The lowest BCUT2D eigenvalue weighted by Crippen LogP contribution is -2.27. The summed E-state index contributed by atoms with van der Waals surface area (Å²) in [5.41, 5.74) is 6.96. The van der Waals surface area contributed by atoms with Crippen LogP contribution >= 0.6 is 12.4 Å². The molecule has 2 atom stereocenters. The molecule has 1 spiro atoms. The average molecular weight is 355 g/mol. The number of benzene rings is 2. The van der Waals surface area contributed by atoms with Crippen molar-refractivity contribution in [1.82, 2.24) is 10.6 Å². The van der Waals surface area contributed by atoms with Crippen LogP contribution in [0.4, 0.5) is 0 Å². The van der Waals surface area contributed by atoms with E-state index < -0.39 is 0 Å². The van der Waals surface area contributed by atoms with Crippen LogP contribution in [0, 0.1) is 5.92 Å². The van der Waals surface area contributed by atoms with Crippen LogP contribution < -0.4 is 10.6 Å². The normalized spacial score (nSPS) is 25.2. The molecule has 2 aromatic carbocycles. The standard InChI is InChI=1S/C21H22N2O.ClH/c24-20(23-11-14-5-6-16-12-22-13-17(16)9-14)19-10-21(19)8-7-15-3-1-2-4-18(15)21;/h1-6,9,19,22H,7-8,10-13H2,(H,23,24);1H. The lowest BCUT2D eigenvalue weighted by atomic mass is 9.95. The van der Waals surface area contributed by atoms with Gasteiger partial charge in [-0.15, -0.1) is 12.4 Å². The van der Waals surface area contributed by atoms with Gasteiger partial charge in [0, 0.05) is 31.0 Å². The van der Waals surface area contributed by atoms with Crippen LogP contribution in [-0.4, -0.2) is 5.91 Å². The fourth-order valence-electron chi connectivity index (χ4n) is 4.71. The molecule has 3 nitrogen and oxygen atoms in total. The molecule has 2 unspecified atom stereocenters. The number of aryl methyl sites for hydroxylation is 1. The number of halogens is 1. The van der Waals surface area contributed by atoms with Crippen LogP contribution in [0.25, 0.3) is 0 Å². The second kappa shape index (κ2) is 6.15. The van der Waals surface area contributed by atoms with E-state index >= 15 is 0 Å². The smallest absolute Gasteiger partial charge is 0.224 e. The highest BCUT2D eigenvalue weighted by Crippen LogP contribution is 2.61. The van der Waals surface area contributed by atoms with E-state index in [2.05, 4.69) is 53.1 Å². The molecule has 2 N–H and O–H groups in total. The predicted octanol–water partition coefficient (Wildman–Crippen LogP) is 3.23. The summed E-state index contributed by atoms with van der Waals surface area (Å²) in [6.07, 6.45) is 3.27. The van der Waals surface area contributed by atoms with Crippen molar-refractivity contribution >= 4 is 18.3 Å². The van der Waals surface area contributed by atoms with Gasteiger partial charge in [-0.3, -0.25) is 4.79 Å². The number of carbonyl (C=O) groups is 1. The first-order chi connectivity index (χ1) is 11.8. The molecule has 0 radical (unpaired) electrons. The average Bonchev–Trinajstić information content (AvgIpc) is 2.97. The summed E-state index contributed by atoms with van der Waals surface area (Å²) >= 11 is 0. The summed E-state index contributed by atoms with van der Waals surface area (Å²) in [5.74, 6) is 0.391. The van der Waals surface area contributed by atoms with Gasteiger partial charge in [0.2, 0.25) is 5.91 Å². The van der Waals surface area contributed by atoms with E-state index in [1.54, 1.807) is 0 Å². The Kier molecular flexibility index (Phi) is 4.09. The first-order valence-corrected chi connectivity index (χ1v) is 8.94. The van der Waals surface area contributed by atoms with Crippen molar-refractivity contribution in [3.05, 3.63) is 70.3 Å². The molecule has 0 bridgehead atoms. The van der Waals surface area contributed by atoms with E-state index in [0.29, 0.717) is 6.54 Å². The van der Waals surface area contributed by atoms with Crippen molar-refractivity contribution in [3.63, 3.8) is 0 Å². The zero-order chi connectivity index (χ0) is 16.1. The molecular formula is C21H23ClN2O. The van der Waals surface area contributed by atoms with Crippen LogP contribution in [0.15, 0.2) is 42.5 Å². The molecular weight excluding hydrogens is 332 g/mol. The van der Waals surface area contributed by atoms with E-state index in [1.807, 2.05) is 0 Å². The molecule has 0 aromatic heterocycles. The number of carbonyl (C=O) groups excluding carboxylic acids is 1. The maximum atomic E-state index is 12.7. The number of hydrogen-bond donors (Lipinski definition) is 2. The van der Waals surface area contributed by atoms with Gasteiger partial charge in [0.1, 0.15) is 0 Å². The van der Waals surface area contributed by atoms with Gasteiger partial charge >= 0.3 is 0 Å². The minimum Gasteiger partial charge on any atom is -0.352 e. The highest BCUT2D eigenvalue weighted by molar-refractivity contribution is 5.85. The van der Waals surface area contributed by atoms with Crippen molar-refractivity contribution < 1.29 is 4.79 Å². The molecule has 2 aromatic rings. The van der Waals surface area contributed by atoms with Gasteiger partial charge in [0.15, 0.2) is 0 Å². The summed E-state index contributed by atoms with van der Waals surface area (Å²) in [5, 5.41) is 6.54. The third-order valence-corrected chi connectivity index (χ3v) is 6.15. The van der Waals surface area contributed by atoms with E-state index in [-0.39, 0.29) is 29.6 Å². The molecule has 1 heterocycles. The van der Waals surface area contributed by atoms with E-state index in [4.69, 9.17) is 0 Å². The zero-order valence-electron chi connectivity index (χ0n) is 14.2. The Morgan fingerprint density at radius 2 is 1.96 bits per heavy atom. The Labute approximate surface area is 154 Å². The minimum atomic E-state index is 0. The quantitative estimate of drug-likeness (QED) is 0.888. The van der Waals surface area contributed by atoms with Gasteiger partial charge < -0.3 is 10.6 Å². The number of rotatable bonds is 3. The molecule has 0 saturated heterocycles. The van der Waals surface area contributed by atoms with Gasteiger partial charge in [-0.2, -0.15) is 0 Å². The summed E-state index contributed by atoms with van der Waals surface area (Å²) in [6.45, 7) is 2.55. The highest BCUT2D eigenvalue weighted by atomic mass is 35.5. The molecule has 2 aliphatic carbocycles. The topological polar surface area (TPSA) is 41.1 Å². The summed E-state index contributed by atoms with van der Waals surface area (Å²) < 4.78 is 0. The largest absolute Gasteiger partial charge is 0.352 e. The number of fused-ring (bicyclic) bond motifs is 3. The highest BCUT2D eigenvalue weighted by Gasteiger charge is 2.61. The fourth-order valence-corrected chi connectivity index (χ4v) is 4.71. The predicted molar refractivity (Wildman–Crippen MR) is 101 cm³/mol. The van der Waals surface area contributed by atoms with Gasteiger partial charge in [0.05, 0.1) is 0 Å². The molecule has 1 amide bonds. The van der Waals surface area contributed by atoms with Crippen molar-refractivity contribution in [2.24, 2.45) is 5.92 Å². The third kappa shape index (κ3) is 2.66. The third-order valence-electron chi connectivity index (χ3n) is 6.15. The Bertz CT molecular complexity index is 834. The Hall–Kier alpha value is -1.84. The monoisotopic (exact) mass is 354 g/mol. The number of amides is 1. The van der Waals surface area contributed by atoms with Crippen LogP contribution in [0.1, 0.15) is 40.7 Å². The van der Waals surface area contributed by atoms with Gasteiger partial charge in [-0.25, -0.2) is 0 Å². The lowest BCUT2D eigenvalue weighted by Gasteiger charge is -2.12. The van der Waals surface area contributed by atoms with Crippen molar-refractivity contribution in [1.29, 1.82) is 0 Å². The molecule has 130 valence electrons. The summed E-state index contributed by atoms with van der Waals surface area (Å²) in [4.78, 5) is 12.7. The van der Waals surface area contributed by atoms with Crippen molar-refractivity contribution in [3.8, 4) is 0 Å². The lowest BCUT2D eigenvalue weighted by molar-refractivity contribution is -0.122. The molecule has 25 heavy (non-hydrogen) atoms. The van der Waals surface area contributed by atoms with Crippen LogP contribution in [0.3, 0.4) is 0 Å². The van der Waals surface area contributed by atoms with Crippen LogP contribution in [0.2, 0.25) is 0 Å². The van der Waals surface area contributed by atoms with Crippen LogP contribution in [-0.2, 0) is 36.3 Å². The first-order valence-electron chi connectivity index (χ1n) is 8.94. The summed E-state index contributed by atoms with van der Waals surface area (Å²) in [6, 6.07) is 15.2. The minimum absolute atomic E-state index is 0. The molecule has 5 rings (SSSR count). The van der Waals surface area contributed by atoms with E-state index in [0.717, 1.165) is 32.4 Å². The first kappa shape index (κ1) is 16.6. The Morgan fingerprint density at radius 1 is 1.12 bits per heavy atom. The number of nitrogens with one attached hydrogen (secondary N) is 2. The van der Waals surface area contributed by atoms with E-state index in [1.165, 1.54) is 27.8 Å².